The van der Waals surface area contributed by atoms with Gasteiger partial charge in [0.25, 0.3) is 0 Å². The van der Waals surface area contributed by atoms with Gasteiger partial charge in [-0.3, -0.25) is 14.2 Å². The zero-order valence-corrected chi connectivity index (χ0v) is 16.2. The zero-order valence-electron chi connectivity index (χ0n) is 15.4. The summed E-state index contributed by atoms with van der Waals surface area (Å²) in [5, 5.41) is 11.9. The molecule has 1 aliphatic carbocycles. The highest BCUT2D eigenvalue weighted by atomic mass is 32.2. The SMILES string of the molecule is C[C@H](CCc1ccccc1)NC(=O)CSc1nnc(C2CC2)n1CC(N)=O. The topological polar surface area (TPSA) is 103 Å². The highest BCUT2D eigenvalue weighted by Gasteiger charge is 2.31. The molecule has 3 rings (SSSR count). The number of amides is 2. The molecule has 27 heavy (non-hydrogen) atoms. The Bertz CT molecular complexity index is 789. The van der Waals surface area contributed by atoms with Gasteiger partial charge in [0.05, 0.1) is 5.75 Å². The van der Waals surface area contributed by atoms with Crippen LogP contribution in [0.25, 0.3) is 0 Å². The van der Waals surface area contributed by atoms with E-state index in [9.17, 15) is 9.59 Å². The molecule has 1 saturated carbocycles. The van der Waals surface area contributed by atoms with Crippen LogP contribution in [-0.2, 0) is 22.6 Å². The molecule has 1 aromatic carbocycles. The maximum absolute atomic E-state index is 12.2. The van der Waals surface area contributed by atoms with Crippen molar-refractivity contribution in [1.29, 1.82) is 0 Å². The van der Waals surface area contributed by atoms with Gasteiger partial charge in [-0.15, -0.1) is 10.2 Å². The minimum absolute atomic E-state index is 0.0518. The van der Waals surface area contributed by atoms with Crippen molar-refractivity contribution in [2.45, 2.75) is 56.3 Å². The maximum atomic E-state index is 12.2. The molecular formula is C19H25N5O2S. The van der Waals surface area contributed by atoms with E-state index < -0.39 is 5.91 Å². The molecule has 0 bridgehead atoms. The molecule has 2 amide bonds. The minimum atomic E-state index is -0.433. The average molecular weight is 388 g/mol. The largest absolute Gasteiger partial charge is 0.368 e. The van der Waals surface area contributed by atoms with E-state index in [-0.39, 0.29) is 24.2 Å². The molecule has 0 unspecified atom stereocenters. The zero-order chi connectivity index (χ0) is 19.2. The Labute approximate surface area is 163 Å². The standard InChI is InChI=1S/C19H25N5O2S/c1-13(7-8-14-5-3-2-4-6-14)21-17(26)12-27-19-23-22-18(15-9-10-15)24(19)11-16(20)25/h2-6,13,15H,7-12H2,1H3,(H2,20,25)(H,21,26)/t13-/m1/s1. The molecule has 1 fully saturated rings. The Morgan fingerprint density at radius 1 is 1.30 bits per heavy atom. The third kappa shape index (κ3) is 5.82. The average Bonchev–Trinajstić information content (AvgIpc) is 3.41. The lowest BCUT2D eigenvalue weighted by atomic mass is 10.1. The number of nitrogens with two attached hydrogens (primary N) is 1. The number of benzene rings is 1. The molecule has 0 aliphatic heterocycles. The first kappa shape index (κ1) is 19.4. The molecule has 8 heteroatoms. The van der Waals surface area contributed by atoms with Gasteiger partial charge >= 0.3 is 0 Å². The Kier molecular flexibility index (Phi) is 6.49. The number of carbonyl (C=O) groups is 2. The third-order valence-electron chi connectivity index (χ3n) is 4.45. The van der Waals surface area contributed by atoms with Crippen LogP contribution in [0, 0.1) is 0 Å². The van der Waals surface area contributed by atoms with Crippen molar-refractivity contribution in [2.24, 2.45) is 5.73 Å². The lowest BCUT2D eigenvalue weighted by molar-refractivity contribution is -0.119. The molecule has 0 saturated heterocycles. The van der Waals surface area contributed by atoms with Gasteiger partial charge in [-0.1, -0.05) is 42.1 Å². The van der Waals surface area contributed by atoms with E-state index in [4.69, 9.17) is 5.73 Å². The second kappa shape index (κ2) is 9.03. The number of rotatable bonds is 10. The number of aryl methyl sites for hydroxylation is 1. The van der Waals surface area contributed by atoms with Crippen molar-refractivity contribution in [3.8, 4) is 0 Å². The molecule has 1 atom stereocenters. The number of aromatic nitrogens is 3. The molecule has 2 aromatic rings. The Balaban J connectivity index is 1.48. The van der Waals surface area contributed by atoms with Crippen LogP contribution in [0.3, 0.4) is 0 Å². The molecule has 1 aliphatic rings. The van der Waals surface area contributed by atoms with Crippen molar-refractivity contribution in [1.82, 2.24) is 20.1 Å². The smallest absolute Gasteiger partial charge is 0.237 e. The molecule has 1 aromatic heterocycles. The molecule has 0 spiro atoms. The van der Waals surface area contributed by atoms with E-state index in [0.717, 1.165) is 31.5 Å². The Morgan fingerprint density at radius 3 is 2.70 bits per heavy atom. The summed E-state index contributed by atoms with van der Waals surface area (Å²) in [5.41, 5.74) is 6.61. The lowest BCUT2D eigenvalue weighted by Crippen LogP contribution is -2.34. The highest BCUT2D eigenvalue weighted by molar-refractivity contribution is 7.99. The molecule has 1 heterocycles. The first-order valence-electron chi connectivity index (χ1n) is 9.20. The predicted molar refractivity (Wildman–Crippen MR) is 104 cm³/mol. The van der Waals surface area contributed by atoms with Crippen LogP contribution in [0.5, 0.6) is 0 Å². The van der Waals surface area contributed by atoms with Crippen molar-refractivity contribution in [3.63, 3.8) is 0 Å². The quantitative estimate of drug-likeness (QED) is 0.606. The summed E-state index contributed by atoms with van der Waals surface area (Å²) in [6, 6.07) is 10.3. The van der Waals surface area contributed by atoms with E-state index >= 15 is 0 Å². The van der Waals surface area contributed by atoms with Gasteiger partial charge in [-0.25, -0.2) is 0 Å². The predicted octanol–water partition coefficient (Wildman–Crippen LogP) is 1.87. The number of thioether (sulfide) groups is 1. The lowest BCUT2D eigenvalue weighted by Gasteiger charge is -2.14. The minimum Gasteiger partial charge on any atom is -0.368 e. The van der Waals surface area contributed by atoms with E-state index in [1.165, 1.54) is 17.3 Å². The summed E-state index contributed by atoms with van der Waals surface area (Å²) in [5.74, 6) is 0.905. The van der Waals surface area contributed by atoms with Crippen LogP contribution in [0.1, 0.15) is 43.5 Å². The van der Waals surface area contributed by atoms with E-state index in [2.05, 4.69) is 27.6 Å². The first-order valence-corrected chi connectivity index (χ1v) is 10.2. The van der Waals surface area contributed by atoms with Gasteiger partial charge in [-0.05, 0) is 38.2 Å². The van der Waals surface area contributed by atoms with Crippen LogP contribution in [0.4, 0.5) is 0 Å². The van der Waals surface area contributed by atoms with Crippen LogP contribution in [0.15, 0.2) is 35.5 Å². The fourth-order valence-corrected chi connectivity index (χ4v) is 3.66. The number of primary amides is 1. The molecule has 144 valence electrons. The van der Waals surface area contributed by atoms with Crippen LogP contribution in [0.2, 0.25) is 0 Å². The third-order valence-corrected chi connectivity index (χ3v) is 5.42. The van der Waals surface area contributed by atoms with Crippen LogP contribution >= 0.6 is 11.8 Å². The second-order valence-corrected chi connectivity index (χ2v) is 7.89. The highest BCUT2D eigenvalue weighted by Crippen LogP contribution is 2.39. The van der Waals surface area contributed by atoms with Crippen molar-refractivity contribution < 1.29 is 9.59 Å². The molecular weight excluding hydrogens is 362 g/mol. The van der Waals surface area contributed by atoms with Gasteiger partial charge in [-0.2, -0.15) is 0 Å². The van der Waals surface area contributed by atoms with E-state index in [1.807, 2.05) is 25.1 Å². The van der Waals surface area contributed by atoms with Crippen LogP contribution in [-0.4, -0.2) is 38.4 Å². The van der Waals surface area contributed by atoms with Crippen LogP contribution < -0.4 is 11.1 Å². The molecule has 0 radical (unpaired) electrons. The second-order valence-electron chi connectivity index (χ2n) is 6.95. The van der Waals surface area contributed by atoms with Crippen molar-refractivity contribution in [3.05, 3.63) is 41.7 Å². The fraction of sp³-hybridized carbons (Fsp3) is 0.474. The van der Waals surface area contributed by atoms with E-state index in [1.54, 1.807) is 4.57 Å². The van der Waals surface area contributed by atoms with Crippen molar-refractivity contribution >= 4 is 23.6 Å². The fourth-order valence-electron chi connectivity index (χ4n) is 2.90. The summed E-state index contributed by atoms with van der Waals surface area (Å²) >= 11 is 1.29. The normalized spacial score (nSPS) is 14.7. The summed E-state index contributed by atoms with van der Waals surface area (Å²) in [6.07, 6.45) is 3.92. The number of hydrogen-bond acceptors (Lipinski definition) is 5. The number of hydrogen-bond donors (Lipinski definition) is 2. The van der Waals surface area contributed by atoms with Gasteiger partial charge in [0.1, 0.15) is 12.4 Å². The summed E-state index contributed by atoms with van der Waals surface area (Å²) in [6.45, 7) is 2.06. The number of nitrogens with zero attached hydrogens (tertiary/aromatic N) is 3. The Morgan fingerprint density at radius 2 is 2.04 bits per heavy atom. The Hall–Kier alpha value is -2.35. The molecule has 3 N–H and O–H groups in total. The van der Waals surface area contributed by atoms with Gasteiger partial charge in [0, 0.05) is 12.0 Å². The van der Waals surface area contributed by atoms with Gasteiger partial charge in [0.15, 0.2) is 5.16 Å². The van der Waals surface area contributed by atoms with Gasteiger partial charge in [0.2, 0.25) is 11.8 Å². The van der Waals surface area contributed by atoms with Crippen molar-refractivity contribution in [2.75, 3.05) is 5.75 Å². The van der Waals surface area contributed by atoms with E-state index in [0.29, 0.717) is 11.1 Å². The van der Waals surface area contributed by atoms with Gasteiger partial charge < -0.3 is 11.1 Å². The summed E-state index contributed by atoms with van der Waals surface area (Å²) in [4.78, 5) is 23.6. The molecule has 7 nitrogen and oxygen atoms in total. The maximum Gasteiger partial charge on any atom is 0.237 e. The first-order chi connectivity index (χ1) is 13.0. The monoisotopic (exact) mass is 387 g/mol. The number of carbonyl (C=O) groups excluding carboxylic acids is 2. The summed E-state index contributed by atoms with van der Waals surface area (Å²) < 4.78 is 1.75. The number of nitrogens with one attached hydrogen (secondary N) is 1. The summed E-state index contributed by atoms with van der Waals surface area (Å²) in [7, 11) is 0.